The van der Waals surface area contributed by atoms with Crippen LogP contribution in [0, 0.1) is 12.8 Å². The van der Waals surface area contributed by atoms with Gasteiger partial charge in [0.1, 0.15) is 18.0 Å². The first kappa shape index (κ1) is 11.8. The van der Waals surface area contributed by atoms with E-state index in [1.54, 1.807) is 6.33 Å². The van der Waals surface area contributed by atoms with Crippen LogP contribution in [-0.2, 0) is 0 Å². The van der Waals surface area contributed by atoms with Crippen LogP contribution in [0.1, 0.15) is 37.7 Å². The Kier molecular flexibility index (Phi) is 3.10. The molecule has 0 radical (unpaired) electrons. The molecule has 1 aromatic rings. The fourth-order valence-corrected chi connectivity index (χ4v) is 3.65. The van der Waals surface area contributed by atoms with Gasteiger partial charge in [0.25, 0.3) is 0 Å². The van der Waals surface area contributed by atoms with Crippen molar-refractivity contribution in [1.82, 2.24) is 9.97 Å². The van der Waals surface area contributed by atoms with Gasteiger partial charge in [-0.25, -0.2) is 9.97 Å². The molecule has 2 heterocycles. The molecule has 1 aliphatic heterocycles. The first-order valence-corrected chi connectivity index (χ1v) is 7.07. The predicted octanol–water partition coefficient (Wildman–Crippen LogP) is 2.60. The zero-order valence-corrected chi connectivity index (χ0v) is 11.3. The van der Waals surface area contributed by atoms with Crippen LogP contribution in [0.2, 0.25) is 0 Å². The van der Waals surface area contributed by atoms with E-state index in [1.165, 1.54) is 37.7 Å². The molecule has 1 N–H and O–H groups in total. The average Bonchev–Trinajstić information content (AvgIpc) is 2.83. The van der Waals surface area contributed by atoms with Crippen LogP contribution in [0.25, 0.3) is 0 Å². The summed E-state index contributed by atoms with van der Waals surface area (Å²) in [7, 11) is 1.92. The summed E-state index contributed by atoms with van der Waals surface area (Å²) in [5, 5.41) is 3.15. The highest BCUT2D eigenvalue weighted by molar-refractivity contribution is 5.58. The van der Waals surface area contributed by atoms with Crippen molar-refractivity contribution in [2.75, 3.05) is 23.8 Å². The summed E-state index contributed by atoms with van der Waals surface area (Å²) < 4.78 is 0. The number of aromatic nitrogens is 2. The van der Waals surface area contributed by atoms with Crippen LogP contribution in [0.15, 0.2) is 6.33 Å². The molecule has 1 saturated heterocycles. The van der Waals surface area contributed by atoms with Crippen molar-refractivity contribution in [2.24, 2.45) is 5.92 Å². The molecule has 98 valence electrons. The van der Waals surface area contributed by atoms with Gasteiger partial charge in [0.15, 0.2) is 0 Å². The minimum atomic E-state index is 0.719. The maximum Gasteiger partial charge on any atom is 0.137 e. The van der Waals surface area contributed by atoms with Crippen molar-refractivity contribution in [3.05, 3.63) is 11.9 Å². The molecule has 2 atom stereocenters. The smallest absolute Gasteiger partial charge is 0.137 e. The fourth-order valence-electron chi connectivity index (χ4n) is 3.65. The van der Waals surface area contributed by atoms with Gasteiger partial charge >= 0.3 is 0 Å². The third kappa shape index (κ3) is 1.84. The zero-order valence-electron chi connectivity index (χ0n) is 11.3. The molecule has 0 aromatic carbocycles. The van der Waals surface area contributed by atoms with Crippen molar-refractivity contribution in [3.63, 3.8) is 0 Å². The summed E-state index contributed by atoms with van der Waals surface area (Å²) in [6.45, 7) is 3.29. The van der Waals surface area contributed by atoms with Crippen molar-refractivity contribution < 1.29 is 0 Å². The van der Waals surface area contributed by atoms with Crippen molar-refractivity contribution in [1.29, 1.82) is 0 Å². The highest BCUT2D eigenvalue weighted by Gasteiger charge is 2.37. The molecular weight excluding hydrogens is 224 g/mol. The molecule has 18 heavy (non-hydrogen) atoms. The van der Waals surface area contributed by atoms with Gasteiger partial charge < -0.3 is 10.2 Å². The van der Waals surface area contributed by atoms with Crippen molar-refractivity contribution >= 4 is 11.6 Å². The number of nitrogens with zero attached hydrogens (tertiary/aromatic N) is 3. The monoisotopic (exact) mass is 246 g/mol. The molecule has 4 heteroatoms. The summed E-state index contributed by atoms with van der Waals surface area (Å²) in [5.41, 5.74) is 1.19. The molecule has 1 saturated carbocycles. The molecule has 2 unspecified atom stereocenters. The van der Waals surface area contributed by atoms with Gasteiger partial charge in [-0.2, -0.15) is 0 Å². The summed E-state index contributed by atoms with van der Waals surface area (Å²) in [4.78, 5) is 11.3. The molecule has 0 amide bonds. The van der Waals surface area contributed by atoms with E-state index in [4.69, 9.17) is 0 Å². The maximum absolute atomic E-state index is 4.53. The summed E-state index contributed by atoms with van der Waals surface area (Å²) in [5.74, 6) is 2.99. The fraction of sp³-hybridized carbons (Fsp3) is 0.714. The maximum atomic E-state index is 4.53. The van der Waals surface area contributed by atoms with Gasteiger partial charge in [-0.05, 0) is 32.1 Å². The molecular formula is C14H22N4. The van der Waals surface area contributed by atoms with Gasteiger partial charge in [-0.1, -0.05) is 12.8 Å². The topological polar surface area (TPSA) is 41.1 Å². The number of anilines is 2. The molecule has 1 aromatic heterocycles. The van der Waals surface area contributed by atoms with Crippen LogP contribution in [0.4, 0.5) is 11.6 Å². The Morgan fingerprint density at radius 1 is 1.22 bits per heavy atom. The van der Waals surface area contributed by atoms with Gasteiger partial charge in [-0.15, -0.1) is 0 Å². The van der Waals surface area contributed by atoms with Crippen LogP contribution in [0.5, 0.6) is 0 Å². The Morgan fingerprint density at radius 3 is 2.89 bits per heavy atom. The molecule has 3 rings (SSSR count). The summed E-state index contributed by atoms with van der Waals surface area (Å²) >= 11 is 0. The Morgan fingerprint density at radius 2 is 2.06 bits per heavy atom. The van der Waals surface area contributed by atoms with E-state index in [0.717, 1.165) is 30.1 Å². The SMILES string of the molecule is CNc1ncnc(N2CCC3CCCCC32)c1C. The molecule has 4 nitrogen and oxygen atoms in total. The van der Waals surface area contributed by atoms with E-state index in [-0.39, 0.29) is 0 Å². The Balaban J connectivity index is 1.90. The number of fused-ring (bicyclic) bond motifs is 1. The summed E-state index contributed by atoms with van der Waals surface area (Å²) in [6.07, 6.45) is 8.56. The number of nitrogens with one attached hydrogen (secondary N) is 1. The third-order valence-corrected chi connectivity index (χ3v) is 4.58. The number of hydrogen-bond donors (Lipinski definition) is 1. The van der Waals surface area contributed by atoms with Gasteiger partial charge in [0.05, 0.1) is 0 Å². The zero-order chi connectivity index (χ0) is 12.5. The lowest BCUT2D eigenvalue weighted by molar-refractivity contribution is 0.341. The summed E-state index contributed by atoms with van der Waals surface area (Å²) in [6, 6.07) is 0.719. The normalized spacial score (nSPS) is 27.1. The van der Waals surface area contributed by atoms with Crippen molar-refractivity contribution in [2.45, 2.75) is 45.1 Å². The van der Waals surface area contributed by atoms with Gasteiger partial charge in [0, 0.05) is 25.2 Å². The molecule has 2 aliphatic rings. The highest BCUT2D eigenvalue weighted by Crippen LogP contribution is 2.39. The van der Waals surface area contributed by atoms with E-state index in [1.807, 2.05) is 7.05 Å². The molecule has 0 bridgehead atoms. The Bertz CT molecular complexity index is 432. The molecule has 1 aliphatic carbocycles. The minimum Gasteiger partial charge on any atom is -0.373 e. The number of hydrogen-bond acceptors (Lipinski definition) is 4. The van der Waals surface area contributed by atoms with E-state index >= 15 is 0 Å². The lowest BCUT2D eigenvalue weighted by Gasteiger charge is -2.33. The van der Waals surface area contributed by atoms with Crippen LogP contribution >= 0.6 is 0 Å². The second-order valence-corrected chi connectivity index (χ2v) is 5.51. The Hall–Kier alpha value is -1.32. The lowest BCUT2D eigenvalue weighted by atomic mass is 9.85. The average molecular weight is 246 g/mol. The quantitative estimate of drug-likeness (QED) is 0.871. The van der Waals surface area contributed by atoms with Crippen LogP contribution < -0.4 is 10.2 Å². The van der Waals surface area contributed by atoms with E-state index in [2.05, 4.69) is 27.1 Å². The van der Waals surface area contributed by atoms with E-state index in [9.17, 15) is 0 Å². The first-order valence-electron chi connectivity index (χ1n) is 7.07. The van der Waals surface area contributed by atoms with Crippen LogP contribution in [0.3, 0.4) is 0 Å². The number of rotatable bonds is 2. The predicted molar refractivity (Wildman–Crippen MR) is 74.0 cm³/mol. The molecule has 2 fully saturated rings. The van der Waals surface area contributed by atoms with Crippen molar-refractivity contribution in [3.8, 4) is 0 Å². The van der Waals surface area contributed by atoms with E-state index in [0.29, 0.717) is 0 Å². The second-order valence-electron chi connectivity index (χ2n) is 5.51. The van der Waals surface area contributed by atoms with E-state index < -0.39 is 0 Å². The Labute approximate surface area is 109 Å². The standard InChI is InChI=1S/C14H22N4/c1-10-13(15-2)16-9-17-14(10)18-8-7-11-5-3-4-6-12(11)18/h9,11-12H,3-8H2,1-2H3,(H,15,16,17). The third-order valence-electron chi connectivity index (χ3n) is 4.58. The molecule has 0 spiro atoms. The first-order chi connectivity index (χ1) is 8.81. The second kappa shape index (κ2) is 4.75. The van der Waals surface area contributed by atoms with Gasteiger partial charge in [0.2, 0.25) is 0 Å². The highest BCUT2D eigenvalue weighted by atomic mass is 15.2. The van der Waals surface area contributed by atoms with Crippen LogP contribution in [-0.4, -0.2) is 29.6 Å². The largest absolute Gasteiger partial charge is 0.373 e. The lowest BCUT2D eigenvalue weighted by Crippen LogP contribution is -2.35. The van der Waals surface area contributed by atoms with Gasteiger partial charge in [-0.3, -0.25) is 0 Å². The minimum absolute atomic E-state index is 0.719.